The van der Waals surface area contributed by atoms with Crippen LogP contribution in [0.2, 0.25) is 0 Å². The van der Waals surface area contributed by atoms with Crippen molar-refractivity contribution in [3.8, 4) is 0 Å². The normalized spacial score (nSPS) is 51.0. The average Bonchev–Trinajstić information content (AvgIpc) is 2.51. The Morgan fingerprint density at radius 3 is 2.75 bits per heavy atom. The van der Waals surface area contributed by atoms with Gasteiger partial charge in [-0.25, -0.2) is 0 Å². The lowest BCUT2D eigenvalue weighted by molar-refractivity contribution is -0.126. The summed E-state index contributed by atoms with van der Waals surface area (Å²) in [5.41, 5.74) is 1.31. The van der Waals surface area contributed by atoms with Crippen LogP contribution in [-0.2, 0) is 4.79 Å². The largest absolute Gasteiger partial charge is 0.387 e. The highest BCUT2D eigenvalue weighted by Gasteiger charge is 2.58. The standard InChI is InChI=1S/C21H29ClO2/c1-11-8-13-9-14(23)4-5-15(13)18-12(2)10-21(3)16(19(11)18)6-7-17(22)20(21)24/h7,9,11-12,15-16,18-20,24H,4-6,8,10H2,1-3H3/t11-,12+,15+,16+,18-,19+,20+,21+/m1/s1. The number of hydrogen-bond acceptors (Lipinski definition) is 2. The summed E-state index contributed by atoms with van der Waals surface area (Å²) < 4.78 is 0. The molecule has 0 amide bonds. The molecule has 4 aliphatic rings. The summed E-state index contributed by atoms with van der Waals surface area (Å²) in [4.78, 5) is 11.9. The van der Waals surface area contributed by atoms with E-state index in [4.69, 9.17) is 11.6 Å². The van der Waals surface area contributed by atoms with Crippen LogP contribution in [0.25, 0.3) is 0 Å². The third kappa shape index (κ3) is 2.29. The summed E-state index contributed by atoms with van der Waals surface area (Å²) in [6, 6.07) is 0. The quantitative estimate of drug-likeness (QED) is 0.688. The molecular formula is C21H29ClO2. The Morgan fingerprint density at radius 2 is 2.00 bits per heavy atom. The molecular weight excluding hydrogens is 320 g/mol. The van der Waals surface area contributed by atoms with Crippen molar-refractivity contribution in [2.24, 2.45) is 40.9 Å². The van der Waals surface area contributed by atoms with E-state index in [9.17, 15) is 9.90 Å². The zero-order valence-electron chi connectivity index (χ0n) is 15.0. The summed E-state index contributed by atoms with van der Waals surface area (Å²) in [5.74, 6) is 3.84. The van der Waals surface area contributed by atoms with Crippen LogP contribution in [-0.4, -0.2) is 17.0 Å². The zero-order valence-corrected chi connectivity index (χ0v) is 15.7. The molecule has 24 heavy (non-hydrogen) atoms. The monoisotopic (exact) mass is 348 g/mol. The number of fused-ring (bicyclic) bond motifs is 5. The molecule has 4 rings (SSSR count). The predicted octanol–water partition coefficient (Wildman–Crippen LogP) is 4.71. The molecule has 8 atom stereocenters. The first kappa shape index (κ1) is 16.8. The first-order valence-corrected chi connectivity index (χ1v) is 9.97. The molecule has 3 heteroatoms. The van der Waals surface area contributed by atoms with Gasteiger partial charge in [0, 0.05) is 16.9 Å². The minimum Gasteiger partial charge on any atom is -0.387 e. The van der Waals surface area contributed by atoms with Gasteiger partial charge in [-0.3, -0.25) is 4.79 Å². The second-order valence-electron chi connectivity index (χ2n) is 9.19. The molecule has 0 aromatic rings. The minimum absolute atomic E-state index is 0.105. The molecule has 4 aliphatic carbocycles. The van der Waals surface area contributed by atoms with E-state index in [-0.39, 0.29) is 5.41 Å². The molecule has 0 aromatic carbocycles. The molecule has 0 aliphatic heterocycles. The Bertz CT molecular complexity index is 621. The van der Waals surface area contributed by atoms with Gasteiger partial charge in [0.15, 0.2) is 5.78 Å². The van der Waals surface area contributed by atoms with Gasteiger partial charge < -0.3 is 5.11 Å². The zero-order chi connectivity index (χ0) is 17.2. The number of ketones is 1. The van der Waals surface area contributed by atoms with Gasteiger partial charge in [-0.2, -0.15) is 0 Å². The molecule has 1 N–H and O–H groups in total. The first-order valence-electron chi connectivity index (χ1n) is 9.60. The van der Waals surface area contributed by atoms with E-state index in [2.05, 4.69) is 26.8 Å². The SMILES string of the molecule is C[C@@H]1CC2=CC(=O)CC[C@@H]2[C@@H]2[C@@H]1[C@@H]1CC=C(Cl)[C@H](O)[C@@]1(C)C[C@@H]2C. The van der Waals surface area contributed by atoms with Crippen molar-refractivity contribution in [2.45, 2.75) is 59.0 Å². The number of rotatable bonds is 0. The maximum Gasteiger partial charge on any atom is 0.155 e. The molecule has 2 saturated carbocycles. The Labute approximate surface area is 150 Å². The van der Waals surface area contributed by atoms with Crippen LogP contribution in [0.15, 0.2) is 22.8 Å². The summed E-state index contributed by atoms with van der Waals surface area (Å²) in [7, 11) is 0. The fourth-order valence-electron chi connectivity index (χ4n) is 6.94. The second-order valence-corrected chi connectivity index (χ2v) is 9.62. The summed E-state index contributed by atoms with van der Waals surface area (Å²) in [6.07, 6.45) is 8.36. The van der Waals surface area contributed by atoms with E-state index in [1.165, 1.54) is 5.57 Å². The third-order valence-electron chi connectivity index (χ3n) is 7.83. The van der Waals surface area contributed by atoms with Crippen LogP contribution in [0.1, 0.15) is 52.9 Å². The number of hydrogen-bond donors (Lipinski definition) is 1. The topological polar surface area (TPSA) is 37.3 Å². The van der Waals surface area contributed by atoms with Crippen LogP contribution in [0.3, 0.4) is 0 Å². The van der Waals surface area contributed by atoms with Crippen LogP contribution >= 0.6 is 11.6 Å². The number of carbonyl (C=O) groups excluding carboxylic acids is 1. The molecule has 2 nitrogen and oxygen atoms in total. The van der Waals surface area contributed by atoms with E-state index >= 15 is 0 Å². The molecule has 132 valence electrons. The highest BCUT2D eigenvalue weighted by atomic mass is 35.5. The van der Waals surface area contributed by atoms with E-state index in [1.54, 1.807) is 0 Å². The van der Waals surface area contributed by atoms with Crippen molar-refractivity contribution >= 4 is 17.4 Å². The predicted molar refractivity (Wildman–Crippen MR) is 96.5 cm³/mol. The molecule has 0 unspecified atom stereocenters. The lowest BCUT2D eigenvalue weighted by Gasteiger charge is -2.61. The Kier molecular flexibility index (Phi) is 4.01. The van der Waals surface area contributed by atoms with Gasteiger partial charge in [-0.15, -0.1) is 0 Å². The Balaban J connectivity index is 1.75. The summed E-state index contributed by atoms with van der Waals surface area (Å²) >= 11 is 6.33. The fraction of sp³-hybridized carbons (Fsp3) is 0.762. The minimum atomic E-state index is -0.515. The summed E-state index contributed by atoms with van der Waals surface area (Å²) in [6.45, 7) is 6.98. The van der Waals surface area contributed by atoms with E-state index in [0.717, 1.165) is 32.1 Å². The van der Waals surface area contributed by atoms with Crippen molar-refractivity contribution in [1.29, 1.82) is 0 Å². The maximum atomic E-state index is 11.9. The molecule has 0 heterocycles. The highest BCUT2D eigenvalue weighted by Crippen LogP contribution is 2.63. The van der Waals surface area contributed by atoms with E-state index < -0.39 is 6.10 Å². The number of allylic oxidation sites excluding steroid dienone is 3. The maximum absolute atomic E-state index is 11.9. The Morgan fingerprint density at radius 1 is 1.25 bits per heavy atom. The lowest BCUT2D eigenvalue weighted by atomic mass is 9.44. The van der Waals surface area contributed by atoms with Gasteiger partial charge in [0.1, 0.15) is 0 Å². The molecule has 0 saturated heterocycles. The molecule has 0 bridgehead atoms. The Hall–Kier alpha value is -0.600. The van der Waals surface area contributed by atoms with Crippen molar-refractivity contribution in [1.82, 2.24) is 0 Å². The number of aliphatic hydroxyl groups excluding tert-OH is 1. The van der Waals surface area contributed by atoms with Gasteiger partial charge in [-0.1, -0.05) is 44.0 Å². The van der Waals surface area contributed by atoms with E-state index in [1.807, 2.05) is 6.08 Å². The average molecular weight is 349 g/mol. The molecule has 0 radical (unpaired) electrons. The molecule has 0 aromatic heterocycles. The van der Waals surface area contributed by atoms with Gasteiger partial charge >= 0.3 is 0 Å². The van der Waals surface area contributed by atoms with Gasteiger partial charge in [0.05, 0.1) is 6.10 Å². The van der Waals surface area contributed by atoms with Gasteiger partial charge in [-0.05, 0) is 67.3 Å². The molecule has 2 fully saturated rings. The van der Waals surface area contributed by atoms with Crippen molar-refractivity contribution < 1.29 is 9.90 Å². The van der Waals surface area contributed by atoms with Crippen LogP contribution in [0, 0.1) is 40.9 Å². The van der Waals surface area contributed by atoms with Gasteiger partial charge in [0.2, 0.25) is 0 Å². The van der Waals surface area contributed by atoms with Crippen LogP contribution in [0.5, 0.6) is 0 Å². The van der Waals surface area contributed by atoms with Crippen molar-refractivity contribution in [3.63, 3.8) is 0 Å². The number of carbonyl (C=O) groups is 1. The lowest BCUT2D eigenvalue weighted by Crippen LogP contribution is -2.57. The number of halogens is 1. The second kappa shape index (κ2) is 5.71. The summed E-state index contributed by atoms with van der Waals surface area (Å²) in [5, 5.41) is 11.5. The number of aliphatic hydroxyl groups is 1. The smallest absolute Gasteiger partial charge is 0.155 e. The van der Waals surface area contributed by atoms with Crippen LogP contribution in [0.4, 0.5) is 0 Å². The van der Waals surface area contributed by atoms with Gasteiger partial charge in [0.25, 0.3) is 0 Å². The third-order valence-corrected chi connectivity index (χ3v) is 8.19. The van der Waals surface area contributed by atoms with E-state index in [0.29, 0.717) is 46.3 Å². The molecule has 0 spiro atoms. The van der Waals surface area contributed by atoms with Crippen molar-refractivity contribution in [3.05, 3.63) is 22.8 Å². The first-order chi connectivity index (χ1) is 11.3. The highest BCUT2D eigenvalue weighted by molar-refractivity contribution is 6.30. The van der Waals surface area contributed by atoms with Crippen LogP contribution < -0.4 is 0 Å². The van der Waals surface area contributed by atoms with Crippen molar-refractivity contribution in [2.75, 3.05) is 0 Å². The fourth-order valence-corrected chi connectivity index (χ4v) is 7.28.